The van der Waals surface area contributed by atoms with E-state index in [2.05, 4.69) is 240 Å². The van der Waals surface area contributed by atoms with Crippen LogP contribution < -0.4 is 4.90 Å². The summed E-state index contributed by atoms with van der Waals surface area (Å²) in [6.07, 6.45) is 0. The van der Waals surface area contributed by atoms with Crippen molar-refractivity contribution in [2.45, 2.75) is 0 Å². The molecule has 13 rings (SSSR count). The third-order valence-corrected chi connectivity index (χ3v) is 13.0. The highest BCUT2D eigenvalue weighted by molar-refractivity contribution is 6.16. The fraction of sp³-hybridized carbons (Fsp3) is 0. The third-order valence-electron chi connectivity index (χ3n) is 13.0. The SMILES string of the molecule is c1ccc(-c2ccccc2-c2ccc(N(c3ccc4c(ccc5cc(-n6c7ccccc7c7ccccc76)ccc54)c3)c3ccc4c(c3)oc3c5ccccc5ccc43)cc2)cc1. The molecule has 63 heavy (non-hydrogen) atoms. The van der Waals surface area contributed by atoms with E-state index in [1.54, 1.807) is 0 Å². The third kappa shape index (κ3) is 5.67. The zero-order chi connectivity index (χ0) is 41.4. The molecule has 0 fully saturated rings. The minimum Gasteiger partial charge on any atom is -0.455 e. The van der Waals surface area contributed by atoms with Crippen LogP contribution in [-0.2, 0) is 0 Å². The first kappa shape index (κ1) is 35.4. The Hall–Kier alpha value is -8.40. The summed E-state index contributed by atoms with van der Waals surface area (Å²) in [5.41, 5.74) is 13.3. The number of nitrogens with zero attached hydrogens (tertiary/aromatic N) is 2. The molecular formula is C60H38N2O. The Kier molecular flexibility index (Phi) is 7.91. The fourth-order valence-corrected chi connectivity index (χ4v) is 10.00. The maximum atomic E-state index is 6.73. The van der Waals surface area contributed by atoms with Crippen molar-refractivity contribution in [3.8, 4) is 27.9 Å². The molecule has 0 saturated carbocycles. The molecule has 13 aromatic rings. The van der Waals surface area contributed by atoms with E-state index >= 15 is 0 Å². The number of benzene rings is 11. The van der Waals surface area contributed by atoms with Crippen LogP contribution >= 0.6 is 0 Å². The number of furan rings is 1. The predicted octanol–water partition coefficient (Wildman–Crippen LogP) is 16.9. The number of hydrogen-bond donors (Lipinski definition) is 0. The van der Waals surface area contributed by atoms with Crippen molar-refractivity contribution in [3.63, 3.8) is 0 Å². The van der Waals surface area contributed by atoms with Gasteiger partial charge >= 0.3 is 0 Å². The van der Waals surface area contributed by atoms with Crippen LogP contribution in [0.2, 0.25) is 0 Å². The van der Waals surface area contributed by atoms with Gasteiger partial charge in [-0.25, -0.2) is 0 Å². The number of anilines is 3. The van der Waals surface area contributed by atoms with Crippen molar-refractivity contribution in [3.05, 3.63) is 231 Å². The van der Waals surface area contributed by atoms with E-state index in [1.807, 2.05) is 0 Å². The average Bonchev–Trinajstić information content (AvgIpc) is 3.90. The lowest BCUT2D eigenvalue weighted by Crippen LogP contribution is -2.09. The lowest BCUT2D eigenvalue weighted by Gasteiger charge is -2.26. The molecule has 0 atom stereocenters. The maximum absolute atomic E-state index is 6.73. The standard InChI is InChI=1S/C60H38N2O/c1-2-12-39(13-3-1)48-15-6-7-16-49(48)41-24-27-44(28-25-41)61(47-31-35-55-56-32-26-40-14-4-5-17-52(40)60(56)63-59(55)38-47)45-29-33-50-42(36-45)22-23-43-37-46(30-34-51(43)50)62-57-20-10-8-18-53(57)54-19-9-11-21-58(54)62/h1-38H. The first-order valence-electron chi connectivity index (χ1n) is 21.6. The summed E-state index contributed by atoms with van der Waals surface area (Å²) in [5.74, 6) is 0. The molecule has 0 unspecified atom stereocenters. The van der Waals surface area contributed by atoms with E-state index in [0.29, 0.717) is 0 Å². The van der Waals surface area contributed by atoms with Crippen LogP contribution in [0.5, 0.6) is 0 Å². The van der Waals surface area contributed by atoms with Gasteiger partial charge in [-0.05, 0) is 116 Å². The number of hydrogen-bond acceptors (Lipinski definition) is 2. The van der Waals surface area contributed by atoms with Gasteiger partial charge in [0.05, 0.1) is 11.0 Å². The van der Waals surface area contributed by atoms with Crippen LogP contribution in [-0.4, -0.2) is 4.57 Å². The lowest BCUT2D eigenvalue weighted by molar-refractivity contribution is 0.672. The van der Waals surface area contributed by atoms with Gasteiger partial charge in [0.2, 0.25) is 0 Å². The van der Waals surface area contributed by atoms with Crippen LogP contribution in [0.25, 0.3) is 104 Å². The maximum Gasteiger partial charge on any atom is 0.143 e. The molecular weight excluding hydrogens is 765 g/mol. The van der Waals surface area contributed by atoms with Crippen LogP contribution in [0.4, 0.5) is 17.1 Å². The molecule has 0 aliphatic heterocycles. The topological polar surface area (TPSA) is 21.3 Å². The van der Waals surface area contributed by atoms with Crippen LogP contribution in [0.3, 0.4) is 0 Å². The highest BCUT2D eigenvalue weighted by atomic mass is 16.3. The first-order chi connectivity index (χ1) is 31.2. The Balaban J connectivity index is 0.946. The lowest BCUT2D eigenvalue weighted by atomic mass is 9.94. The quantitative estimate of drug-likeness (QED) is 0.156. The minimum atomic E-state index is 0.864. The van der Waals surface area contributed by atoms with Crippen LogP contribution in [0.1, 0.15) is 0 Å². The van der Waals surface area contributed by atoms with Gasteiger partial charge in [0, 0.05) is 55.7 Å². The Bertz CT molecular complexity index is 3860. The van der Waals surface area contributed by atoms with E-state index in [4.69, 9.17) is 4.42 Å². The molecule has 2 heterocycles. The van der Waals surface area contributed by atoms with Crippen molar-refractivity contribution in [1.82, 2.24) is 4.57 Å². The highest BCUT2D eigenvalue weighted by Gasteiger charge is 2.19. The number of rotatable bonds is 6. The largest absolute Gasteiger partial charge is 0.455 e. The Morgan fingerprint density at radius 2 is 0.841 bits per heavy atom. The van der Waals surface area contributed by atoms with Crippen molar-refractivity contribution in [2.24, 2.45) is 0 Å². The summed E-state index contributed by atoms with van der Waals surface area (Å²) in [7, 11) is 0. The summed E-state index contributed by atoms with van der Waals surface area (Å²) in [5, 5.41) is 11.9. The van der Waals surface area contributed by atoms with Crippen molar-refractivity contribution in [2.75, 3.05) is 4.90 Å². The van der Waals surface area contributed by atoms with Crippen LogP contribution in [0.15, 0.2) is 235 Å². The second-order valence-corrected chi connectivity index (χ2v) is 16.5. The molecule has 294 valence electrons. The summed E-state index contributed by atoms with van der Waals surface area (Å²) < 4.78 is 9.13. The van der Waals surface area contributed by atoms with Gasteiger partial charge < -0.3 is 13.9 Å². The molecule has 0 aliphatic carbocycles. The highest BCUT2D eigenvalue weighted by Crippen LogP contribution is 2.43. The number of fused-ring (bicyclic) bond motifs is 11. The monoisotopic (exact) mass is 802 g/mol. The Morgan fingerprint density at radius 1 is 0.317 bits per heavy atom. The van der Waals surface area contributed by atoms with Crippen LogP contribution in [0, 0.1) is 0 Å². The molecule has 0 bridgehead atoms. The van der Waals surface area contributed by atoms with Gasteiger partial charge in [-0.3, -0.25) is 0 Å². The molecule has 2 aromatic heterocycles. The van der Waals surface area contributed by atoms with E-state index in [-0.39, 0.29) is 0 Å². The summed E-state index contributed by atoms with van der Waals surface area (Å²) in [4.78, 5) is 2.35. The van der Waals surface area contributed by atoms with Gasteiger partial charge in [-0.1, -0.05) is 158 Å². The molecule has 0 N–H and O–H groups in total. The Labute approximate surface area is 363 Å². The van der Waals surface area contributed by atoms with Gasteiger partial charge in [0.25, 0.3) is 0 Å². The van der Waals surface area contributed by atoms with Gasteiger partial charge in [0.15, 0.2) is 0 Å². The molecule has 0 amide bonds. The molecule has 3 heteroatoms. The van der Waals surface area contributed by atoms with E-state index < -0.39 is 0 Å². The average molecular weight is 803 g/mol. The van der Waals surface area contributed by atoms with E-state index in [9.17, 15) is 0 Å². The van der Waals surface area contributed by atoms with Gasteiger partial charge in [-0.2, -0.15) is 0 Å². The van der Waals surface area contributed by atoms with Gasteiger partial charge in [0.1, 0.15) is 11.2 Å². The molecule has 0 radical (unpaired) electrons. The fourth-order valence-electron chi connectivity index (χ4n) is 10.00. The zero-order valence-electron chi connectivity index (χ0n) is 34.2. The smallest absolute Gasteiger partial charge is 0.143 e. The second-order valence-electron chi connectivity index (χ2n) is 16.5. The van der Waals surface area contributed by atoms with Crippen molar-refractivity contribution in [1.29, 1.82) is 0 Å². The number of para-hydroxylation sites is 2. The summed E-state index contributed by atoms with van der Waals surface area (Å²) in [6, 6.07) is 83.4. The summed E-state index contributed by atoms with van der Waals surface area (Å²) in [6.45, 7) is 0. The molecule has 11 aromatic carbocycles. The molecule has 3 nitrogen and oxygen atoms in total. The van der Waals surface area contributed by atoms with E-state index in [0.717, 1.165) is 50.1 Å². The number of aromatic nitrogens is 1. The molecule has 0 aliphatic rings. The predicted molar refractivity (Wildman–Crippen MR) is 266 cm³/mol. The summed E-state index contributed by atoms with van der Waals surface area (Å²) >= 11 is 0. The van der Waals surface area contributed by atoms with E-state index in [1.165, 1.54) is 71.0 Å². The first-order valence-corrected chi connectivity index (χ1v) is 21.6. The van der Waals surface area contributed by atoms with Crippen molar-refractivity contribution < 1.29 is 4.42 Å². The molecule has 0 spiro atoms. The minimum absolute atomic E-state index is 0.864. The zero-order valence-corrected chi connectivity index (χ0v) is 34.2. The second kappa shape index (κ2) is 14.1. The Morgan fingerprint density at radius 3 is 1.57 bits per heavy atom. The van der Waals surface area contributed by atoms with Crippen molar-refractivity contribution >= 4 is 93.1 Å². The molecule has 0 saturated heterocycles. The van der Waals surface area contributed by atoms with Gasteiger partial charge in [-0.15, -0.1) is 0 Å². The normalized spacial score (nSPS) is 11.8.